The Bertz CT molecular complexity index is 1090. The summed E-state index contributed by atoms with van der Waals surface area (Å²) in [6, 6.07) is 18.8. The molecule has 1 amide bonds. The first kappa shape index (κ1) is 20.1. The van der Waals surface area contributed by atoms with Gasteiger partial charge in [-0.3, -0.25) is 4.79 Å². The van der Waals surface area contributed by atoms with Crippen LogP contribution in [0.1, 0.15) is 34.3 Å². The van der Waals surface area contributed by atoms with Crippen molar-refractivity contribution < 1.29 is 18.3 Å². The van der Waals surface area contributed by atoms with Crippen molar-refractivity contribution in [1.82, 2.24) is 4.90 Å². The van der Waals surface area contributed by atoms with Crippen molar-refractivity contribution >= 4 is 17.7 Å². The third kappa shape index (κ3) is 3.81. The van der Waals surface area contributed by atoms with Crippen LogP contribution in [-0.4, -0.2) is 29.6 Å². The van der Waals surface area contributed by atoms with Crippen LogP contribution in [0.3, 0.4) is 0 Å². The van der Waals surface area contributed by atoms with Gasteiger partial charge in [-0.1, -0.05) is 36.4 Å². The highest BCUT2D eigenvalue weighted by molar-refractivity contribution is 7.99. The predicted molar refractivity (Wildman–Crippen MR) is 118 cm³/mol. The van der Waals surface area contributed by atoms with Crippen LogP contribution in [0, 0.1) is 11.6 Å². The molecule has 2 aliphatic heterocycles. The molecule has 0 saturated carbocycles. The maximum atomic E-state index is 14.3. The van der Waals surface area contributed by atoms with E-state index in [0.29, 0.717) is 42.3 Å². The zero-order valence-corrected chi connectivity index (χ0v) is 17.6. The van der Waals surface area contributed by atoms with E-state index < -0.39 is 17.6 Å². The third-order valence-electron chi connectivity index (χ3n) is 5.88. The molecular formula is C25H21F2NO2S. The quantitative estimate of drug-likeness (QED) is 0.499. The summed E-state index contributed by atoms with van der Waals surface area (Å²) >= 11 is 1.57. The summed E-state index contributed by atoms with van der Waals surface area (Å²) in [7, 11) is 0. The normalized spacial score (nSPS) is 18.5. The molecule has 6 heteroatoms. The summed E-state index contributed by atoms with van der Waals surface area (Å²) in [5.74, 6) is 0.805. The Morgan fingerprint density at radius 1 is 0.903 bits per heavy atom. The lowest BCUT2D eigenvalue weighted by Gasteiger charge is -2.31. The van der Waals surface area contributed by atoms with Crippen LogP contribution in [0.2, 0.25) is 0 Å². The van der Waals surface area contributed by atoms with Gasteiger partial charge in [0.2, 0.25) is 5.91 Å². The molecule has 0 bridgehead atoms. The van der Waals surface area contributed by atoms with Gasteiger partial charge < -0.3 is 9.64 Å². The van der Waals surface area contributed by atoms with Gasteiger partial charge in [0.1, 0.15) is 23.1 Å². The molecule has 0 spiro atoms. The molecular weight excluding hydrogens is 416 g/mol. The van der Waals surface area contributed by atoms with Gasteiger partial charge in [-0.2, -0.15) is 11.8 Å². The first-order valence-corrected chi connectivity index (χ1v) is 11.4. The predicted octanol–water partition coefficient (Wildman–Crippen LogP) is 5.91. The van der Waals surface area contributed by atoms with E-state index in [2.05, 4.69) is 0 Å². The highest BCUT2D eigenvalue weighted by atomic mass is 32.2. The molecule has 1 saturated heterocycles. The fourth-order valence-corrected chi connectivity index (χ4v) is 5.60. The Kier molecular flexibility index (Phi) is 5.40. The van der Waals surface area contributed by atoms with E-state index in [4.69, 9.17) is 4.74 Å². The molecule has 2 heterocycles. The largest absolute Gasteiger partial charge is 0.457 e. The molecule has 3 nitrogen and oxygen atoms in total. The summed E-state index contributed by atoms with van der Waals surface area (Å²) in [5, 5.41) is -0.178. The highest BCUT2D eigenvalue weighted by Gasteiger charge is 2.36. The first-order valence-electron chi connectivity index (χ1n) is 10.3. The number of fused-ring (bicyclic) bond motifs is 2. The van der Waals surface area contributed by atoms with Crippen molar-refractivity contribution in [3.8, 4) is 11.5 Å². The number of rotatable bonds is 2. The van der Waals surface area contributed by atoms with Crippen molar-refractivity contribution in [3.63, 3.8) is 0 Å². The van der Waals surface area contributed by atoms with E-state index in [1.165, 1.54) is 12.1 Å². The Balaban J connectivity index is 1.42. The van der Waals surface area contributed by atoms with E-state index in [1.54, 1.807) is 11.8 Å². The molecule has 0 aliphatic carbocycles. The average molecular weight is 438 g/mol. The minimum atomic E-state index is -0.440. The second-order valence-electron chi connectivity index (χ2n) is 7.75. The summed E-state index contributed by atoms with van der Waals surface area (Å²) in [5.41, 5.74) is 2.09. The van der Waals surface area contributed by atoms with Gasteiger partial charge in [0.15, 0.2) is 0 Å². The summed E-state index contributed by atoms with van der Waals surface area (Å²) < 4.78 is 34.0. The monoisotopic (exact) mass is 437 g/mol. The van der Waals surface area contributed by atoms with Crippen LogP contribution >= 0.6 is 11.8 Å². The maximum Gasteiger partial charge on any atom is 0.234 e. The van der Waals surface area contributed by atoms with E-state index in [-0.39, 0.29) is 11.2 Å². The fourth-order valence-electron chi connectivity index (χ4n) is 4.36. The maximum absolute atomic E-state index is 14.3. The number of carbonyl (C=O) groups excluding carboxylic acids is 1. The van der Waals surface area contributed by atoms with Gasteiger partial charge in [-0.05, 0) is 36.8 Å². The van der Waals surface area contributed by atoms with Crippen LogP contribution < -0.4 is 4.74 Å². The molecule has 31 heavy (non-hydrogen) atoms. The highest BCUT2D eigenvalue weighted by Crippen LogP contribution is 2.45. The zero-order valence-electron chi connectivity index (χ0n) is 16.8. The summed E-state index contributed by atoms with van der Waals surface area (Å²) in [4.78, 5) is 15.6. The Morgan fingerprint density at radius 3 is 2.29 bits per heavy atom. The summed E-state index contributed by atoms with van der Waals surface area (Å²) in [6.07, 6.45) is 0.573. The van der Waals surface area contributed by atoms with Crippen molar-refractivity contribution in [2.45, 2.75) is 17.6 Å². The topological polar surface area (TPSA) is 29.5 Å². The van der Waals surface area contributed by atoms with Crippen LogP contribution in [-0.2, 0) is 4.79 Å². The summed E-state index contributed by atoms with van der Waals surface area (Å²) in [6.45, 7) is 1.06. The molecule has 158 valence electrons. The number of para-hydroxylation sites is 2. The zero-order chi connectivity index (χ0) is 21.4. The number of amides is 1. The van der Waals surface area contributed by atoms with E-state index >= 15 is 0 Å². The lowest BCUT2D eigenvalue weighted by molar-refractivity contribution is -0.131. The van der Waals surface area contributed by atoms with E-state index in [9.17, 15) is 13.6 Å². The standard InChI is InChI=1S/C25H21F2NO2S/c26-16-9-10-20(27)19(15-16)23-11-12-28(13-14-31-23)25(29)24-17-5-1-3-7-21(17)30-22-8-4-2-6-18(22)24/h1-10,15,23-24H,11-14H2. The third-order valence-corrected chi connectivity index (χ3v) is 7.20. The number of hydrogen-bond acceptors (Lipinski definition) is 3. The Labute approximate surface area is 184 Å². The second-order valence-corrected chi connectivity index (χ2v) is 9.06. The van der Waals surface area contributed by atoms with Crippen LogP contribution in [0.5, 0.6) is 11.5 Å². The van der Waals surface area contributed by atoms with Crippen LogP contribution in [0.4, 0.5) is 8.78 Å². The Hall–Kier alpha value is -2.86. The fraction of sp³-hybridized carbons (Fsp3) is 0.240. The minimum absolute atomic E-state index is 0.0177. The average Bonchev–Trinajstić information content (AvgIpc) is 3.05. The van der Waals surface area contributed by atoms with Crippen LogP contribution in [0.15, 0.2) is 66.7 Å². The van der Waals surface area contributed by atoms with Gasteiger partial charge in [0.05, 0.1) is 5.92 Å². The molecule has 5 rings (SSSR count). The first-order chi connectivity index (χ1) is 15.1. The van der Waals surface area contributed by atoms with Crippen molar-refractivity contribution in [1.29, 1.82) is 0 Å². The second kappa shape index (κ2) is 8.35. The molecule has 1 fully saturated rings. The van der Waals surface area contributed by atoms with Crippen molar-refractivity contribution in [3.05, 3.63) is 95.1 Å². The molecule has 1 atom stereocenters. The number of hydrogen-bond donors (Lipinski definition) is 0. The number of benzene rings is 3. The molecule has 0 N–H and O–H groups in total. The smallest absolute Gasteiger partial charge is 0.234 e. The van der Waals surface area contributed by atoms with Gasteiger partial charge in [0, 0.05) is 40.8 Å². The van der Waals surface area contributed by atoms with Crippen molar-refractivity contribution in [2.75, 3.05) is 18.8 Å². The van der Waals surface area contributed by atoms with Crippen molar-refractivity contribution in [2.24, 2.45) is 0 Å². The SMILES string of the molecule is O=C(C1c2ccccc2Oc2ccccc21)N1CCSC(c2cc(F)ccc2F)CC1. The van der Waals surface area contributed by atoms with Gasteiger partial charge >= 0.3 is 0 Å². The lowest BCUT2D eigenvalue weighted by atomic mass is 9.86. The van der Waals surface area contributed by atoms with Gasteiger partial charge in [-0.25, -0.2) is 8.78 Å². The van der Waals surface area contributed by atoms with Gasteiger partial charge in [0.25, 0.3) is 0 Å². The Morgan fingerprint density at radius 2 is 1.58 bits per heavy atom. The molecule has 0 radical (unpaired) electrons. The number of carbonyl (C=O) groups is 1. The number of nitrogens with zero attached hydrogens (tertiary/aromatic N) is 1. The molecule has 3 aromatic rings. The number of halogens is 2. The number of ether oxygens (including phenoxy) is 1. The molecule has 0 aromatic heterocycles. The molecule has 1 unspecified atom stereocenters. The molecule has 2 aliphatic rings. The van der Waals surface area contributed by atoms with Gasteiger partial charge in [-0.15, -0.1) is 0 Å². The lowest BCUT2D eigenvalue weighted by Crippen LogP contribution is -2.38. The molecule has 3 aromatic carbocycles. The number of thioether (sulfide) groups is 1. The van der Waals surface area contributed by atoms with E-state index in [1.807, 2.05) is 53.4 Å². The van der Waals surface area contributed by atoms with Crippen LogP contribution in [0.25, 0.3) is 0 Å². The minimum Gasteiger partial charge on any atom is -0.457 e. The van der Waals surface area contributed by atoms with E-state index in [0.717, 1.165) is 17.2 Å².